The van der Waals surface area contributed by atoms with Crippen molar-refractivity contribution in [1.29, 1.82) is 0 Å². The number of rotatable bonds is 3. The molecule has 0 bridgehead atoms. The van der Waals surface area contributed by atoms with Crippen LogP contribution in [-0.4, -0.2) is 63.8 Å². The molecule has 0 unspecified atom stereocenters. The number of hydrogen-bond acceptors (Lipinski definition) is 4. The summed E-state index contributed by atoms with van der Waals surface area (Å²) < 4.78 is 26.5. The van der Waals surface area contributed by atoms with Crippen molar-refractivity contribution in [1.82, 2.24) is 14.5 Å². The van der Waals surface area contributed by atoms with E-state index in [2.05, 4.69) is 5.32 Å². The van der Waals surface area contributed by atoms with Gasteiger partial charge in [-0.1, -0.05) is 0 Å². The van der Waals surface area contributed by atoms with Gasteiger partial charge in [0.25, 0.3) is 5.91 Å². The molecular weight excluding hydrogens is 386 g/mol. The zero-order valence-electron chi connectivity index (χ0n) is 16.5. The molecular formula is C19H30ClN3O3S. The molecule has 2 saturated heterocycles. The molecule has 0 aliphatic carbocycles. The molecule has 152 valence electrons. The van der Waals surface area contributed by atoms with E-state index in [9.17, 15) is 13.2 Å². The fourth-order valence-corrected chi connectivity index (χ4v) is 5.24. The van der Waals surface area contributed by atoms with Crippen molar-refractivity contribution in [2.24, 2.45) is 11.8 Å². The van der Waals surface area contributed by atoms with Gasteiger partial charge >= 0.3 is 0 Å². The number of sulfonamides is 1. The second-order valence-corrected chi connectivity index (χ2v) is 9.87. The van der Waals surface area contributed by atoms with Crippen LogP contribution >= 0.6 is 12.4 Å². The second-order valence-electron chi connectivity index (χ2n) is 7.75. The largest absolute Gasteiger partial charge is 0.339 e. The van der Waals surface area contributed by atoms with Crippen molar-refractivity contribution in [2.75, 3.05) is 40.3 Å². The predicted molar refractivity (Wildman–Crippen MR) is 109 cm³/mol. The number of nitrogens with one attached hydrogen (secondary N) is 1. The number of amides is 1. The predicted octanol–water partition coefficient (Wildman–Crippen LogP) is 2.05. The summed E-state index contributed by atoms with van der Waals surface area (Å²) in [4.78, 5) is 15.2. The zero-order valence-corrected chi connectivity index (χ0v) is 18.1. The molecule has 2 aliphatic heterocycles. The highest BCUT2D eigenvalue weighted by Crippen LogP contribution is 2.29. The molecule has 1 aromatic rings. The number of carbonyl (C=O) groups excluding carboxylic acids is 1. The summed E-state index contributed by atoms with van der Waals surface area (Å²) in [5.74, 6) is 1.24. The third-order valence-electron chi connectivity index (χ3n) is 5.93. The lowest BCUT2D eigenvalue weighted by molar-refractivity contribution is 0.0758. The van der Waals surface area contributed by atoms with Crippen molar-refractivity contribution in [3.8, 4) is 0 Å². The molecule has 2 heterocycles. The van der Waals surface area contributed by atoms with Crippen LogP contribution in [0.1, 0.15) is 34.3 Å². The van der Waals surface area contributed by atoms with Crippen LogP contribution in [0.25, 0.3) is 0 Å². The maximum atomic E-state index is 13.1. The normalized spacial score (nSPS) is 22.9. The van der Waals surface area contributed by atoms with Crippen molar-refractivity contribution in [2.45, 2.75) is 31.6 Å². The molecule has 0 spiro atoms. The standard InChI is InChI=1S/C19H29N3O3S.ClH/c1-13-9-17(10-18(14(13)2)26(24,25)21(3)4)19(23)22-7-5-15-11-20-12-16(15)6-8-22;/h9-10,15-16,20H,5-8,11-12H2,1-4H3;1H/t15-,16+;. The fourth-order valence-electron chi connectivity index (χ4n) is 4.02. The van der Waals surface area contributed by atoms with E-state index in [4.69, 9.17) is 0 Å². The number of fused-ring (bicyclic) bond motifs is 1. The van der Waals surface area contributed by atoms with Crippen LogP contribution in [0.2, 0.25) is 0 Å². The Kier molecular flexibility index (Phi) is 6.95. The summed E-state index contributed by atoms with van der Waals surface area (Å²) in [6.45, 7) is 7.22. The summed E-state index contributed by atoms with van der Waals surface area (Å²) >= 11 is 0. The highest BCUT2D eigenvalue weighted by Gasteiger charge is 2.32. The van der Waals surface area contributed by atoms with E-state index in [1.54, 1.807) is 13.0 Å². The van der Waals surface area contributed by atoms with Gasteiger partial charge in [0.1, 0.15) is 0 Å². The Morgan fingerprint density at radius 1 is 1.11 bits per heavy atom. The monoisotopic (exact) mass is 415 g/mol. The van der Waals surface area contributed by atoms with E-state index in [0.717, 1.165) is 44.6 Å². The third kappa shape index (κ3) is 4.31. The van der Waals surface area contributed by atoms with Crippen LogP contribution in [-0.2, 0) is 10.0 Å². The summed E-state index contributed by atoms with van der Waals surface area (Å²) in [5.41, 5.74) is 2.00. The van der Waals surface area contributed by atoms with E-state index < -0.39 is 10.0 Å². The van der Waals surface area contributed by atoms with Gasteiger partial charge in [-0.3, -0.25) is 4.79 Å². The van der Waals surface area contributed by atoms with Crippen LogP contribution in [0, 0.1) is 25.7 Å². The average Bonchev–Trinajstić information content (AvgIpc) is 2.94. The first kappa shape index (κ1) is 22.1. The first-order chi connectivity index (χ1) is 12.2. The van der Waals surface area contributed by atoms with Gasteiger partial charge in [-0.05, 0) is 74.9 Å². The highest BCUT2D eigenvalue weighted by atomic mass is 35.5. The van der Waals surface area contributed by atoms with E-state index in [0.29, 0.717) is 23.0 Å². The minimum absolute atomic E-state index is 0. The van der Waals surface area contributed by atoms with Gasteiger partial charge in [-0.15, -0.1) is 12.4 Å². The molecule has 27 heavy (non-hydrogen) atoms. The first-order valence-corrected chi connectivity index (χ1v) is 10.7. The molecule has 8 heteroatoms. The van der Waals surface area contributed by atoms with E-state index >= 15 is 0 Å². The number of hydrogen-bond donors (Lipinski definition) is 1. The van der Waals surface area contributed by atoms with Gasteiger partial charge in [0, 0.05) is 32.7 Å². The Balaban J connectivity index is 0.00000261. The van der Waals surface area contributed by atoms with Crippen molar-refractivity contribution in [3.05, 3.63) is 28.8 Å². The molecule has 3 rings (SSSR count). The van der Waals surface area contributed by atoms with Crippen LogP contribution in [0.4, 0.5) is 0 Å². The summed E-state index contributed by atoms with van der Waals surface area (Å²) in [5, 5.41) is 3.44. The van der Waals surface area contributed by atoms with Gasteiger partial charge in [-0.25, -0.2) is 12.7 Å². The third-order valence-corrected chi connectivity index (χ3v) is 7.87. The van der Waals surface area contributed by atoms with Crippen molar-refractivity contribution >= 4 is 28.3 Å². The number of likely N-dealkylation sites (tertiary alicyclic amines) is 1. The lowest BCUT2D eigenvalue weighted by atomic mass is 9.92. The molecule has 0 radical (unpaired) electrons. The zero-order chi connectivity index (χ0) is 19.1. The quantitative estimate of drug-likeness (QED) is 0.820. The summed E-state index contributed by atoms with van der Waals surface area (Å²) in [6.07, 6.45) is 2.02. The molecule has 1 amide bonds. The molecule has 6 nitrogen and oxygen atoms in total. The van der Waals surface area contributed by atoms with Crippen LogP contribution in [0.5, 0.6) is 0 Å². The van der Waals surface area contributed by atoms with E-state index in [-0.39, 0.29) is 23.2 Å². The fraction of sp³-hybridized carbons (Fsp3) is 0.632. The maximum absolute atomic E-state index is 13.1. The Morgan fingerprint density at radius 2 is 1.67 bits per heavy atom. The first-order valence-electron chi connectivity index (χ1n) is 9.25. The summed E-state index contributed by atoms with van der Waals surface area (Å²) in [6, 6.07) is 3.37. The minimum Gasteiger partial charge on any atom is -0.339 e. The number of aryl methyl sites for hydroxylation is 1. The lowest BCUT2D eigenvalue weighted by Gasteiger charge is -2.23. The van der Waals surface area contributed by atoms with Gasteiger partial charge in [0.05, 0.1) is 4.90 Å². The number of benzene rings is 1. The van der Waals surface area contributed by atoms with Gasteiger partial charge in [0.2, 0.25) is 10.0 Å². The van der Waals surface area contributed by atoms with E-state index in [1.807, 2.05) is 17.9 Å². The van der Waals surface area contributed by atoms with Gasteiger partial charge < -0.3 is 10.2 Å². The molecule has 2 fully saturated rings. The molecule has 2 aliphatic rings. The second kappa shape index (κ2) is 8.47. The number of halogens is 1. The highest BCUT2D eigenvalue weighted by molar-refractivity contribution is 7.89. The lowest BCUT2D eigenvalue weighted by Crippen LogP contribution is -2.33. The van der Waals surface area contributed by atoms with Crippen LogP contribution in [0.15, 0.2) is 17.0 Å². The Labute approximate surface area is 168 Å². The van der Waals surface area contributed by atoms with Crippen LogP contribution in [0.3, 0.4) is 0 Å². The maximum Gasteiger partial charge on any atom is 0.253 e. The SMILES string of the molecule is Cc1cc(C(=O)N2CC[C@@H]3CNC[C@@H]3CC2)cc(S(=O)(=O)N(C)C)c1C.Cl. The minimum atomic E-state index is -3.58. The van der Waals surface area contributed by atoms with Gasteiger partial charge in [0.15, 0.2) is 0 Å². The average molecular weight is 416 g/mol. The van der Waals surface area contributed by atoms with E-state index in [1.165, 1.54) is 18.4 Å². The molecule has 2 atom stereocenters. The molecule has 1 aromatic carbocycles. The van der Waals surface area contributed by atoms with Crippen molar-refractivity contribution < 1.29 is 13.2 Å². The summed E-state index contributed by atoms with van der Waals surface area (Å²) in [7, 11) is -0.554. The molecule has 0 saturated carbocycles. The van der Waals surface area contributed by atoms with Gasteiger partial charge in [-0.2, -0.15) is 0 Å². The smallest absolute Gasteiger partial charge is 0.253 e. The Hall–Kier alpha value is -1.15. The molecule has 1 N–H and O–H groups in total. The number of nitrogens with zero attached hydrogens (tertiary/aromatic N) is 2. The Bertz CT molecular complexity index is 797. The Morgan fingerprint density at radius 3 is 2.19 bits per heavy atom. The molecule has 0 aromatic heterocycles. The topological polar surface area (TPSA) is 69.7 Å². The number of carbonyl (C=O) groups is 1. The van der Waals surface area contributed by atoms with Crippen LogP contribution < -0.4 is 5.32 Å². The van der Waals surface area contributed by atoms with Crippen molar-refractivity contribution in [3.63, 3.8) is 0 Å².